The maximum absolute atomic E-state index is 11.2. The summed E-state index contributed by atoms with van der Waals surface area (Å²) in [6.07, 6.45) is 4.05. The molecule has 1 aromatic heterocycles. The van der Waals surface area contributed by atoms with Crippen LogP contribution in [0.1, 0.15) is 20.3 Å². The Morgan fingerprint density at radius 1 is 1.57 bits per heavy atom. The summed E-state index contributed by atoms with van der Waals surface area (Å²) in [5, 5.41) is 3.30. The molecule has 0 bridgehead atoms. The van der Waals surface area contributed by atoms with Crippen molar-refractivity contribution in [3.8, 4) is 0 Å². The highest BCUT2D eigenvalue weighted by atomic mass is 16.1. The third-order valence-corrected chi connectivity index (χ3v) is 1.92. The zero-order valence-electron chi connectivity index (χ0n) is 8.73. The van der Waals surface area contributed by atoms with Gasteiger partial charge >= 0.3 is 0 Å². The minimum absolute atomic E-state index is 0.0181. The summed E-state index contributed by atoms with van der Waals surface area (Å²) < 4.78 is 1.63. The molecule has 4 nitrogen and oxygen atoms in total. The Bertz CT molecular complexity index is 319. The molecule has 1 rings (SSSR count). The molecule has 0 unspecified atom stereocenters. The van der Waals surface area contributed by atoms with E-state index in [9.17, 15) is 4.79 Å². The molecule has 4 heteroatoms. The molecular formula is C10H17N3O. The van der Waals surface area contributed by atoms with E-state index in [0.29, 0.717) is 6.04 Å². The summed E-state index contributed by atoms with van der Waals surface area (Å²) in [6.45, 7) is 5.87. The number of aryl methyl sites for hydroxylation is 1. The van der Waals surface area contributed by atoms with E-state index in [-0.39, 0.29) is 5.56 Å². The lowest BCUT2D eigenvalue weighted by atomic mass is 10.3. The molecule has 0 aliphatic heterocycles. The second kappa shape index (κ2) is 5.54. The first-order valence-corrected chi connectivity index (χ1v) is 4.94. The fraction of sp³-hybridized carbons (Fsp3) is 0.600. The predicted octanol–water partition coefficient (Wildman–Crippen LogP) is 0.631. The summed E-state index contributed by atoms with van der Waals surface area (Å²) in [4.78, 5) is 15.2. The van der Waals surface area contributed by atoms with Gasteiger partial charge in [-0.2, -0.15) is 0 Å². The lowest BCUT2D eigenvalue weighted by Gasteiger charge is -2.08. The molecule has 0 aliphatic carbocycles. The van der Waals surface area contributed by atoms with Crippen molar-refractivity contribution in [2.75, 3.05) is 6.54 Å². The fourth-order valence-electron chi connectivity index (χ4n) is 1.19. The Kier molecular flexibility index (Phi) is 4.32. The van der Waals surface area contributed by atoms with Gasteiger partial charge in [-0.15, -0.1) is 0 Å². The van der Waals surface area contributed by atoms with Crippen LogP contribution in [0.4, 0.5) is 0 Å². The largest absolute Gasteiger partial charge is 0.314 e. The Balaban J connectivity index is 2.32. The van der Waals surface area contributed by atoms with Gasteiger partial charge in [0.25, 0.3) is 5.56 Å². The van der Waals surface area contributed by atoms with Gasteiger partial charge in [0.1, 0.15) is 0 Å². The van der Waals surface area contributed by atoms with Crippen LogP contribution in [-0.2, 0) is 6.54 Å². The van der Waals surface area contributed by atoms with E-state index in [1.807, 2.05) is 0 Å². The van der Waals surface area contributed by atoms with Crippen LogP contribution in [0.15, 0.2) is 23.4 Å². The van der Waals surface area contributed by atoms with Gasteiger partial charge in [-0.05, 0) is 13.0 Å². The second-order valence-corrected chi connectivity index (χ2v) is 3.57. The van der Waals surface area contributed by atoms with Crippen molar-refractivity contribution in [3.63, 3.8) is 0 Å². The monoisotopic (exact) mass is 195 g/mol. The molecule has 1 aromatic rings. The van der Waals surface area contributed by atoms with Gasteiger partial charge in [0.05, 0.1) is 6.33 Å². The van der Waals surface area contributed by atoms with Gasteiger partial charge in [0.15, 0.2) is 0 Å². The molecule has 1 heterocycles. The highest BCUT2D eigenvalue weighted by Gasteiger charge is 1.95. The maximum Gasteiger partial charge on any atom is 0.253 e. The molecule has 0 aliphatic rings. The fourth-order valence-corrected chi connectivity index (χ4v) is 1.19. The number of nitrogens with zero attached hydrogens (tertiary/aromatic N) is 2. The average Bonchev–Trinajstić information content (AvgIpc) is 2.15. The zero-order chi connectivity index (χ0) is 10.4. The Morgan fingerprint density at radius 2 is 2.36 bits per heavy atom. The normalized spacial score (nSPS) is 10.8. The molecule has 14 heavy (non-hydrogen) atoms. The molecule has 0 fully saturated rings. The number of rotatable bonds is 5. The number of hydrogen-bond donors (Lipinski definition) is 1. The minimum Gasteiger partial charge on any atom is -0.314 e. The molecule has 0 amide bonds. The van der Waals surface area contributed by atoms with E-state index in [2.05, 4.69) is 24.1 Å². The van der Waals surface area contributed by atoms with E-state index in [1.54, 1.807) is 10.9 Å². The van der Waals surface area contributed by atoms with Crippen LogP contribution in [0.5, 0.6) is 0 Å². The molecular weight excluding hydrogens is 178 g/mol. The first-order chi connectivity index (χ1) is 6.70. The molecule has 0 atom stereocenters. The summed E-state index contributed by atoms with van der Waals surface area (Å²) in [5.41, 5.74) is 0.0181. The van der Waals surface area contributed by atoms with Gasteiger partial charge in [-0.1, -0.05) is 13.8 Å². The van der Waals surface area contributed by atoms with Crippen LogP contribution < -0.4 is 10.9 Å². The summed E-state index contributed by atoms with van der Waals surface area (Å²) in [5.74, 6) is 0. The molecule has 0 saturated carbocycles. The Morgan fingerprint density at radius 3 is 3.00 bits per heavy atom. The van der Waals surface area contributed by atoms with Crippen molar-refractivity contribution in [2.45, 2.75) is 32.9 Å². The third kappa shape index (κ3) is 3.70. The number of nitrogens with one attached hydrogen (secondary N) is 1. The molecule has 0 spiro atoms. The smallest absolute Gasteiger partial charge is 0.253 e. The van der Waals surface area contributed by atoms with Crippen LogP contribution in [0.25, 0.3) is 0 Å². The molecule has 0 radical (unpaired) electrons. The van der Waals surface area contributed by atoms with E-state index >= 15 is 0 Å². The van der Waals surface area contributed by atoms with Crippen LogP contribution in [0, 0.1) is 0 Å². The van der Waals surface area contributed by atoms with E-state index in [4.69, 9.17) is 0 Å². The Labute approximate surface area is 84.0 Å². The van der Waals surface area contributed by atoms with Crippen LogP contribution in [0.2, 0.25) is 0 Å². The highest BCUT2D eigenvalue weighted by molar-refractivity contribution is 4.81. The summed E-state index contributed by atoms with van der Waals surface area (Å²) in [6, 6.07) is 1.98. The lowest BCUT2D eigenvalue weighted by Crippen LogP contribution is -2.26. The zero-order valence-corrected chi connectivity index (χ0v) is 8.73. The third-order valence-electron chi connectivity index (χ3n) is 1.92. The van der Waals surface area contributed by atoms with Gasteiger partial charge in [-0.25, -0.2) is 4.98 Å². The van der Waals surface area contributed by atoms with Crippen molar-refractivity contribution in [1.82, 2.24) is 14.9 Å². The standard InChI is InChI=1S/C10H17N3O/c1-9(2)12-5-3-7-13-8-11-6-4-10(13)14/h4,6,8-9,12H,3,5,7H2,1-2H3. The van der Waals surface area contributed by atoms with Gasteiger partial charge in [0.2, 0.25) is 0 Å². The van der Waals surface area contributed by atoms with E-state index < -0.39 is 0 Å². The molecule has 78 valence electrons. The van der Waals surface area contributed by atoms with Crippen LogP contribution in [-0.4, -0.2) is 22.1 Å². The maximum atomic E-state index is 11.2. The SMILES string of the molecule is CC(C)NCCCn1cnccc1=O. The van der Waals surface area contributed by atoms with Gasteiger partial charge in [-0.3, -0.25) is 9.36 Å². The Hall–Kier alpha value is -1.16. The van der Waals surface area contributed by atoms with Crippen molar-refractivity contribution in [3.05, 3.63) is 28.9 Å². The first-order valence-electron chi connectivity index (χ1n) is 4.94. The number of hydrogen-bond acceptors (Lipinski definition) is 3. The highest BCUT2D eigenvalue weighted by Crippen LogP contribution is 1.85. The van der Waals surface area contributed by atoms with E-state index in [1.165, 1.54) is 12.3 Å². The summed E-state index contributed by atoms with van der Waals surface area (Å²) in [7, 11) is 0. The lowest BCUT2D eigenvalue weighted by molar-refractivity contribution is 0.527. The molecule has 1 N–H and O–H groups in total. The van der Waals surface area contributed by atoms with Crippen LogP contribution >= 0.6 is 0 Å². The molecule has 0 saturated heterocycles. The van der Waals surface area contributed by atoms with Crippen molar-refractivity contribution in [2.24, 2.45) is 0 Å². The first kappa shape index (κ1) is 10.9. The van der Waals surface area contributed by atoms with Gasteiger partial charge < -0.3 is 5.32 Å². The minimum atomic E-state index is 0.0181. The van der Waals surface area contributed by atoms with Crippen molar-refractivity contribution >= 4 is 0 Å². The topological polar surface area (TPSA) is 46.9 Å². The predicted molar refractivity (Wildman–Crippen MR) is 56.3 cm³/mol. The molecule has 0 aromatic carbocycles. The van der Waals surface area contributed by atoms with Gasteiger partial charge in [0, 0.05) is 24.8 Å². The van der Waals surface area contributed by atoms with E-state index in [0.717, 1.165) is 19.5 Å². The summed E-state index contributed by atoms with van der Waals surface area (Å²) >= 11 is 0. The average molecular weight is 195 g/mol. The number of aromatic nitrogens is 2. The van der Waals surface area contributed by atoms with Crippen LogP contribution in [0.3, 0.4) is 0 Å². The quantitative estimate of drug-likeness (QED) is 0.701. The van der Waals surface area contributed by atoms with Crippen molar-refractivity contribution in [1.29, 1.82) is 0 Å². The van der Waals surface area contributed by atoms with Crippen molar-refractivity contribution < 1.29 is 0 Å². The second-order valence-electron chi connectivity index (χ2n) is 3.57.